The fourth-order valence-electron chi connectivity index (χ4n) is 2.12. The number of halogens is 2. The van der Waals surface area contributed by atoms with Gasteiger partial charge in [-0.05, 0) is 0 Å². The van der Waals surface area contributed by atoms with Crippen LogP contribution in [0.3, 0.4) is 0 Å². The van der Waals surface area contributed by atoms with Gasteiger partial charge in [0.1, 0.15) is 0 Å². The van der Waals surface area contributed by atoms with Crippen LogP contribution < -0.4 is 8.05 Å². The minimum atomic E-state index is -1.18. The van der Waals surface area contributed by atoms with Crippen LogP contribution in [-0.2, 0) is 35.8 Å². The van der Waals surface area contributed by atoms with Crippen molar-refractivity contribution in [2.24, 2.45) is 0 Å². The first-order valence-corrected chi connectivity index (χ1v) is 12.1. The maximum Gasteiger partial charge on any atom is 2.00 e. The Balaban J connectivity index is -0.000000148. The van der Waals surface area contributed by atoms with Crippen molar-refractivity contribution in [3.63, 3.8) is 0 Å². The predicted octanol–water partition coefficient (Wildman–Crippen LogP) is 4.32. The number of carbonyl (C=O) groups is 2. The molecule has 0 fully saturated rings. The number of hydrogen-bond acceptors (Lipinski definition) is 2. The van der Waals surface area contributed by atoms with Gasteiger partial charge in [0, 0.05) is 0 Å². The Labute approximate surface area is 210 Å². The number of rotatable bonds is 10. The smallest absolute Gasteiger partial charge is 2.00 e. The van der Waals surface area contributed by atoms with Gasteiger partial charge in [0.15, 0.2) is 0 Å². The summed E-state index contributed by atoms with van der Waals surface area (Å²) in [6, 6.07) is 0. The Morgan fingerprint density at radius 2 is 1.29 bits per heavy atom. The van der Waals surface area contributed by atoms with E-state index in [1.807, 2.05) is 0 Å². The second-order valence-electron chi connectivity index (χ2n) is 5.64. The van der Waals surface area contributed by atoms with Crippen LogP contribution in [0.15, 0.2) is 35.5 Å². The standard InChI is InChI=1S/2C9H13.2CH3NO.2ClH.Ga.Zr.H/c2*1-2-3-6-9-7-4-5-8-9;2*2-1-3;;;;;/h2*4,7H,2-3,5-6H2,1H3;2*1H,(H2,2,3);2*1H;;;/q2*-1;;;;;2*+2;/p-2. The molecule has 2 aliphatic rings. The second kappa shape index (κ2) is 29.2. The first-order valence-electron chi connectivity index (χ1n) is 9.14. The quantitative estimate of drug-likeness (QED) is 0.180. The van der Waals surface area contributed by atoms with Crippen molar-refractivity contribution in [2.45, 2.75) is 65.2 Å². The van der Waals surface area contributed by atoms with Gasteiger partial charge in [-0.2, -0.15) is 12.2 Å². The van der Waals surface area contributed by atoms with Gasteiger partial charge in [-0.25, -0.2) is 23.3 Å². The largest absolute Gasteiger partial charge is 2.00 e. The Morgan fingerprint density at radius 1 is 0.893 bits per heavy atom. The summed E-state index contributed by atoms with van der Waals surface area (Å²) in [6.45, 7) is 4.44. The number of allylic oxidation sites excluding steroid dienone is 8. The Morgan fingerprint density at radius 3 is 1.54 bits per heavy atom. The number of amides is 2. The average molecular weight is 565 g/mol. The number of carbonyl (C=O) groups excluding carboxylic acids is 2. The molecular weight excluding hydrogens is 532 g/mol. The summed E-state index contributed by atoms with van der Waals surface area (Å²) >= 11 is -1.18. The molecule has 2 rings (SSSR count). The SMILES string of the molecule is CCCCC1=[C-]CC=C1.CCCCC1=[C-]CC=C1.Cl.Cl.O=C[NH][GaH][NH]C=O.[Zr+2]. The summed E-state index contributed by atoms with van der Waals surface area (Å²) in [6.07, 6.45) is 26.3. The number of nitrogens with one attached hydrogen (secondary N) is 2. The molecule has 156 valence electrons. The van der Waals surface area contributed by atoms with Gasteiger partial charge < -0.3 is 0 Å². The maximum atomic E-state index is 9.46. The van der Waals surface area contributed by atoms with E-state index in [1.54, 1.807) is 0 Å². The van der Waals surface area contributed by atoms with E-state index in [4.69, 9.17) is 0 Å². The van der Waals surface area contributed by atoms with Gasteiger partial charge in [-0.15, -0.1) is 37.7 Å². The summed E-state index contributed by atoms with van der Waals surface area (Å²) in [5.41, 5.74) is 2.83. The van der Waals surface area contributed by atoms with E-state index < -0.39 is 17.9 Å². The molecule has 0 atom stereocenters. The topological polar surface area (TPSA) is 58.2 Å². The van der Waals surface area contributed by atoms with Crippen LogP contribution in [-0.4, -0.2) is 30.7 Å². The van der Waals surface area contributed by atoms with Gasteiger partial charge in [0.2, 0.25) is 0 Å². The van der Waals surface area contributed by atoms with Crippen molar-refractivity contribution in [2.75, 3.05) is 0 Å². The number of hydrogen-bond donors (Lipinski definition) is 2. The molecule has 0 aliphatic heterocycles. The molecule has 0 spiro atoms. The third kappa shape index (κ3) is 24.0. The van der Waals surface area contributed by atoms with E-state index in [1.165, 1.54) is 49.7 Å². The van der Waals surface area contributed by atoms with Crippen LogP contribution in [0.25, 0.3) is 0 Å². The van der Waals surface area contributed by atoms with Crippen LogP contribution in [0.5, 0.6) is 0 Å². The van der Waals surface area contributed by atoms with Crippen molar-refractivity contribution in [3.8, 4) is 0 Å². The molecule has 0 aromatic carbocycles. The molecule has 28 heavy (non-hydrogen) atoms. The molecule has 4 nitrogen and oxygen atoms in total. The fraction of sp³-hybridized carbons (Fsp3) is 0.500. The van der Waals surface area contributed by atoms with Crippen LogP contribution in [0.2, 0.25) is 0 Å². The van der Waals surface area contributed by atoms with Gasteiger partial charge in [-0.1, -0.05) is 52.4 Å². The van der Waals surface area contributed by atoms with E-state index >= 15 is 0 Å². The third-order valence-corrected chi connectivity index (χ3v) is 5.06. The van der Waals surface area contributed by atoms with E-state index in [0.29, 0.717) is 12.8 Å². The van der Waals surface area contributed by atoms with Crippen molar-refractivity contribution in [1.82, 2.24) is 8.05 Å². The molecule has 0 saturated heterocycles. The predicted molar refractivity (Wildman–Crippen MR) is 120 cm³/mol. The van der Waals surface area contributed by atoms with Crippen molar-refractivity contribution in [3.05, 3.63) is 47.6 Å². The van der Waals surface area contributed by atoms with Crippen LogP contribution in [0.1, 0.15) is 65.2 Å². The van der Waals surface area contributed by atoms with E-state index in [2.05, 4.69) is 58.4 Å². The van der Waals surface area contributed by atoms with E-state index in [-0.39, 0.29) is 51.0 Å². The zero-order valence-electron chi connectivity index (χ0n) is 17.0. The molecule has 0 bridgehead atoms. The minimum absolute atomic E-state index is 0. The molecule has 0 aromatic rings. The third-order valence-electron chi connectivity index (χ3n) is 3.50. The van der Waals surface area contributed by atoms with Crippen LogP contribution in [0, 0.1) is 12.2 Å². The molecule has 8 heteroatoms. The molecular formula is C20H33Cl2GaN2O2Zr. The molecule has 0 saturated carbocycles. The maximum absolute atomic E-state index is 9.46. The number of unbranched alkanes of at least 4 members (excludes halogenated alkanes) is 2. The average Bonchev–Trinajstić information content (AvgIpc) is 3.33. The van der Waals surface area contributed by atoms with Gasteiger partial charge in [-0.3, -0.25) is 12.2 Å². The van der Waals surface area contributed by atoms with Gasteiger partial charge in [0.05, 0.1) is 0 Å². The molecule has 0 radical (unpaired) electrons. The van der Waals surface area contributed by atoms with Gasteiger partial charge >= 0.3 is 74.6 Å². The Hall–Kier alpha value is -0.000519. The van der Waals surface area contributed by atoms with Crippen LogP contribution in [0.4, 0.5) is 0 Å². The summed E-state index contributed by atoms with van der Waals surface area (Å²) in [5, 5.41) is 0. The van der Waals surface area contributed by atoms with Crippen molar-refractivity contribution >= 4 is 55.5 Å². The first kappa shape index (κ1) is 35.4. The zero-order valence-corrected chi connectivity index (χ0v) is 24.0. The molecule has 2 aliphatic carbocycles. The zero-order chi connectivity index (χ0) is 18.6. The van der Waals surface area contributed by atoms with E-state index in [9.17, 15) is 9.59 Å². The Kier molecular flexibility index (Phi) is 37.0. The Bertz CT molecular complexity index is 443. The molecule has 0 aromatic heterocycles. The monoisotopic (exact) mass is 562 g/mol. The van der Waals surface area contributed by atoms with Crippen molar-refractivity contribution < 1.29 is 35.8 Å². The summed E-state index contributed by atoms with van der Waals surface area (Å²) in [4.78, 5) is 18.9. The normalized spacial score (nSPS) is 12.1. The summed E-state index contributed by atoms with van der Waals surface area (Å²) < 4.78 is 4.83. The first-order chi connectivity index (χ1) is 12.3. The molecule has 2 amide bonds. The van der Waals surface area contributed by atoms with Crippen LogP contribution >= 0.6 is 24.8 Å². The molecule has 0 unspecified atom stereocenters. The fourth-order valence-corrected chi connectivity index (χ4v) is 2.72. The van der Waals surface area contributed by atoms with E-state index in [0.717, 1.165) is 12.8 Å². The molecule has 2 N–H and O–H groups in total. The molecule has 0 heterocycles. The van der Waals surface area contributed by atoms with Gasteiger partial charge in [0.25, 0.3) is 0 Å². The summed E-state index contributed by atoms with van der Waals surface area (Å²) in [7, 11) is 0. The minimum Gasteiger partial charge on any atom is 2.00 e. The summed E-state index contributed by atoms with van der Waals surface area (Å²) in [5.74, 6) is 0. The second-order valence-corrected chi connectivity index (χ2v) is 8.10. The van der Waals surface area contributed by atoms with Crippen molar-refractivity contribution in [1.29, 1.82) is 0 Å².